The van der Waals surface area contributed by atoms with Gasteiger partial charge >= 0.3 is 17.8 Å². The first-order chi connectivity index (χ1) is 12.5. The summed E-state index contributed by atoms with van der Waals surface area (Å²) < 4.78 is 10.1. The highest BCUT2D eigenvalue weighted by molar-refractivity contribution is 6.35. The van der Waals surface area contributed by atoms with Gasteiger partial charge in [0, 0.05) is 13.1 Å². The number of hydrogen-bond acceptors (Lipinski definition) is 5. The van der Waals surface area contributed by atoms with E-state index in [1.54, 1.807) is 26.2 Å². The van der Waals surface area contributed by atoms with Crippen LogP contribution in [0.4, 0.5) is 0 Å². The van der Waals surface area contributed by atoms with Gasteiger partial charge in [0.15, 0.2) is 0 Å². The second-order valence-corrected chi connectivity index (χ2v) is 6.31. The summed E-state index contributed by atoms with van der Waals surface area (Å²) in [6.07, 6.45) is 1.35. The van der Waals surface area contributed by atoms with Gasteiger partial charge in [0.2, 0.25) is 0 Å². The number of methoxy groups -OCH3 is 1. The van der Waals surface area contributed by atoms with Crippen molar-refractivity contribution in [1.82, 2.24) is 10.2 Å². The van der Waals surface area contributed by atoms with Crippen LogP contribution in [0.2, 0.25) is 0 Å². The van der Waals surface area contributed by atoms with Crippen molar-refractivity contribution in [2.45, 2.75) is 32.7 Å². The average molecular weight is 362 g/mol. The van der Waals surface area contributed by atoms with Crippen LogP contribution in [0, 0.1) is 5.92 Å². The molecule has 2 unspecified atom stereocenters. The maximum atomic E-state index is 12.4. The first-order valence-electron chi connectivity index (χ1n) is 8.86. The minimum absolute atomic E-state index is 0.224. The van der Waals surface area contributed by atoms with E-state index in [0.29, 0.717) is 26.0 Å². The molecule has 1 heterocycles. The van der Waals surface area contributed by atoms with Crippen molar-refractivity contribution < 1.29 is 23.9 Å². The van der Waals surface area contributed by atoms with Gasteiger partial charge in [0.1, 0.15) is 5.75 Å². The van der Waals surface area contributed by atoms with E-state index in [9.17, 15) is 14.4 Å². The molecule has 1 saturated heterocycles. The molecule has 2 amide bonds. The third-order valence-corrected chi connectivity index (χ3v) is 4.49. The molecular formula is C19H26N2O5. The molecule has 1 aromatic rings. The summed E-state index contributed by atoms with van der Waals surface area (Å²) in [4.78, 5) is 38.1. The van der Waals surface area contributed by atoms with E-state index < -0.39 is 11.8 Å². The molecule has 0 saturated carbocycles. The summed E-state index contributed by atoms with van der Waals surface area (Å²) in [5.41, 5.74) is 0.870. The Bertz CT molecular complexity index is 644. The van der Waals surface area contributed by atoms with Crippen LogP contribution >= 0.6 is 0 Å². The number of esters is 1. The van der Waals surface area contributed by atoms with Gasteiger partial charge in [-0.1, -0.05) is 12.1 Å². The van der Waals surface area contributed by atoms with Gasteiger partial charge in [-0.25, -0.2) is 0 Å². The summed E-state index contributed by atoms with van der Waals surface area (Å²) in [6, 6.07) is 6.96. The molecule has 7 heteroatoms. The fourth-order valence-corrected chi connectivity index (χ4v) is 2.99. The Balaban J connectivity index is 1.93. The number of hydrogen-bond donors (Lipinski definition) is 1. The van der Waals surface area contributed by atoms with Gasteiger partial charge in [0.05, 0.1) is 25.7 Å². The Kier molecular flexibility index (Phi) is 7.00. The summed E-state index contributed by atoms with van der Waals surface area (Å²) in [7, 11) is 1.58. The van der Waals surface area contributed by atoms with Crippen molar-refractivity contribution in [3.63, 3.8) is 0 Å². The lowest BCUT2D eigenvalue weighted by Crippen LogP contribution is -2.49. The number of piperidine rings is 1. The fourth-order valence-electron chi connectivity index (χ4n) is 2.99. The highest BCUT2D eigenvalue weighted by atomic mass is 16.5. The topological polar surface area (TPSA) is 84.9 Å². The maximum Gasteiger partial charge on any atom is 0.311 e. The Hall–Kier alpha value is -2.57. The standard InChI is InChI=1S/C19H26N2O5/c1-4-26-19(24)15-6-5-11-21(12-15)18(23)17(22)20-13(2)14-7-9-16(25-3)10-8-14/h7-10,13,15H,4-6,11-12H2,1-3H3,(H,20,22). The molecular weight excluding hydrogens is 336 g/mol. The summed E-state index contributed by atoms with van der Waals surface area (Å²) >= 11 is 0. The lowest BCUT2D eigenvalue weighted by atomic mass is 9.98. The molecule has 0 radical (unpaired) electrons. The van der Waals surface area contributed by atoms with Gasteiger partial charge in [-0.2, -0.15) is 0 Å². The van der Waals surface area contributed by atoms with E-state index in [0.717, 1.165) is 11.3 Å². The van der Waals surface area contributed by atoms with Crippen LogP contribution in [-0.2, 0) is 19.1 Å². The van der Waals surface area contributed by atoms with Crippen LogP contribution < -0.4 is 10.1 Å². The van der Waals surface area contributed by atoms with Gasteiger partial charge in [-0.3, -0.25) is 14.4 Å². The van der Waals surface area contributed by atoms with Crippen LogP contribution in [0.3, 0.4) is 0 Å². The largest absolute Gasteiger partial charge is 0.497 e. The number of carbonyl (C=O) groups excluding carboxylic acids is 3. The van der Waals surface area contributed by atoms with Gasteiger partial charge in [-0.05, 0) is 44.4 Å². The van der Waals surface area contributed by atoms with E-state index in [-0.39, 0.29) is 24.5 Å². The molecule has 1 aliphatic rings. The minimum atomic E-state index is -0.669. The summed E-state index contributed by atoms with van der Waals surface area (Å²) in [6.45, 7) is 4.56. The fraction of sp³-hybridized carbons (Fsp3) is 0.526. The summed E-state index contributed by atoms with van der Waals surface area (Å²) in [5, 5.41) is 2.71. The zero-order chi connectivity index (χ0) is 19.1. The second-order valence-electron chi connectivity index (χ2n) is 6.31. The van der Waals surface area contributed by atoms with Crippen LogP contribution in [0.1, 0.15) is 38.3 Å². The highest BCUT2D eigenvalue weighted by Gasteiger charge is 2.32. The molecule has 0 spiro atoms. The Morgan fingerprint density at radius 2 is 1.96 bits per heavy atom. The molecule has 26 heavy (non-hydrogen) atoms. The van der Waals surface area contributed by atoms with Crippen molar-refractivity contribution in [2.24, 2.45) is 5.92 Å². The van der Waals surface area contributed by atoms with E-state index in [2.05, 4.69) is 5.32 Å². The third kappa shape index (κ3) is 4.97. The molecule has 0 aromatic heterocycles. The zero-order valence-corrected chi connectivity index (χ0v) is 15.5. The van der Waals surface area contributed by atoms with E-state index >= 15 is 0 Å². The number of ether oxygens (including phenoxy) is 2. The van der Waals surface area contributed by atoms with Crippen LogP contribution in [0.15, 0.2) is 24.3 Å². The Labute approximate surface area is 153 Å². The lowest BCUT2D eigenvalue weighted by Gasteiger charge is -2.31. The van der Waals surface area contributed by atoms with Crippen LogP contribution in [0.25, 0.3) is 0 Å². The smallest absolute Gasteiger partial charge is 0.311 e. The first kappa shape index (κ1) is 19.8. The molecule has 1 aliphatic heterocycles. The number of likely N-dealkylation sites (tertiary alicyclic amines) is 1. The average Bonchev–Trinajstić information content (AvgIpc) is 2.67. The number of rotatable bonds is 5. The molecule has 1 aromatic carbocycles. The van der Waals surface area contributed by atoms with Gasteiger partial charge in [-0.15, -0.1) is 0 Å². The molecule has 1 fully saturated rings. The number of carbonyl (C=O) groups is 3. The van der Waals surface area contributed by atoms with Crippen molar-refractivity contribution in [3.05, 3.63) is 29.8 Å². The third-order valence-electron chi connectivity index (χ3n) is 4.49. The second kappa shape index (κ2) is 9.22. The van der Waals surface area contributed by atoms with Crippen molar-refractivity contribution in [1.29, 1.82) is 0 Å². The zero-order valence-electron chi connectivity index (χ0n) is 15.5. The molecule has 142 valence electrons. The minimum Gasteiger partial charge on any atom is -0.497 e. The Morgan fingerprint density at radius 1 is 1.27 bits per heavy atom. The first-order valence-corrected chi connectivity index (χ1v) is 8.86. The predicted octanol–water partition coefficient (Wildman–Crippen LogP) is 1.67. The van der Waals surface area contributed by atoms with Crippen LogP contribution in [0.5, 0.6) is 5.75 Å². The van der Waals surface area contributed by atoms with E-state index in [1.807, 2.05) is 19.1 Å². The summed E-state index contributed by atoms with van der Waals surface area (Å²) in [5.74, 6) is -1.23. The van der Waals surface area contributed by atoms with Gasteiger partial charge in [0.25, 0.3) is 0 Å². The quantitative estimate of drug-likeness (QED) is 0.636. The molecule has 1 N–H and O–H groups in total. The SMILES string of the molecule is CCOC(=O)C1CCCN(C(=O)C(=O)NC(C)c2ccc(OC)cc2)C1. The van der Waals surface area contributed by atoms with E-state index in [4.69, 9.17) is 9.47 Å². The number of amides is 2. The van der Waals surface area contributed by atoms with Crippen molar-refractivity contribution in [3.8, 4) is 5.75 Å². The molecule has 2 atom stereocenters. The lowest BCUT2D eigenvalue weighted by molar-refractivity contribution is -0.154. The number of benzene rings is 1. The van der Waals surface area contributed by atoms with Crippen LogP contribution in [-0.4, -0.2) is 49.5 Å². The van der Waals surface area contributed by atoms with Crippen molar-refractivity contribution >= 4 is 17.8 Å². The van der Waals surface area contributed by atoms with Crippen molar-refractivity contribution in [2.75, 3.05) is 26.8 Å². The number of nitrogens with zero attached hydrogens (tertiary/aromatic N) is 1. The Morgan fingerprint density at radius 3 is 2.58 bits per heavy atom. The molecule has 0 aliphatic carbocycles. The van der Waals surface area contributed by atoms with E-state index in [1.165, 1.54) is 4.90 Å². The predicted molar refractivity (Wildman–Crippen MR) is 95.5 cm³/mol. The molecule has 7 nitrogen and oxygen atoms in total. The maximum absolute atomic E-state index is 12.4. The monoisotopic (exact) mass is 362 g/mol. The normalized spacial score (nSPS) is 18.0. The van der Waals surface area contributed by atoms with Gasteiger partial charge < -0.3 is 19.7 Å². The number of nitrogens with one attached hydrogen (secondary N) is 1. The highest BCUT2D eigenvalue weighted by Crippen LogP contribution is 2.19. The molecule has 2 rings (SSSR count). The molecule has 0 bridgehead atoms.